The number of nitrogens with zero attached hydrogens (tertiary/aromatic N) is 2. The van der Waals surface area contributed by atoms with Crippen LogP contribution < -0.4 is 10.1 Å². The van der Waals surface area contributed by atoms with Gasteiger partial charge in [-0.15, -0.1) is 0 Å². The van der Waals surface area contributed by atoms with Crippen molar-refractivity contribution in [3.8, 4) is 5.75 Å². The van der Waals surface area contributed by atoms with E-state index in [2.05, 4.69) is 28.5 Å². The largest absolute Gasteiger partial charge is 0.497 e. The normalized spacial score (nSPS) is 24.1. The van der Waals surface area contributed by atoms with Crippen LogP contribution in [0.5, 0.6) is 5.75 Å². The minimum absolute atomic E-state index is 0.00913. The molecule has 6 heteroatoms. The Morgan fingerprint density at radius 1 is 1.17 bits per heavy atom. The number of aryl methyl sites for hydroxylation is 1. The zero-order chi connectivity index (χ0) is 20.9. The Morgan fingerprint density at radius 2 is 1.93 bits per heavy atom. The summed E-state index contributed by atoms with van der Waals surface area (Å²) in [5.74, 6) is 1.31. The molecular formula is C24H31N3O3. The van der Waals surface area contributed by atoms with E-state index < -0.39 is 0 Å². The van der Waals surface area contributed by atoms with E-state index in [4.69, 9.17) is 9.47 Å². The molecular weight excluding hydrogens is 378 g/mol. The van der Waals surface area contributed by atoms with Crippen molar-refractivity contribution in [2.75, 3.05) is 33.4 Å². The van der Waals surface area contributed by atoms with Crippen LogP contribution in [0, 0.1) is 12.8 Å². The molecule has 6 nitrogen and oxygen atoms in total. The Balaban J connectivity index is 1.48. The van der Waals surface area contributed by atoms with Gasteiger partial charge in [-0.05, 0) is 55.0 Å². The molecule has 2 heterocycles. The molecule has 30 heavy (non-hydrogen) atoms. The van der Waals surface area contributed by atoms with Crippen LogP contribution >= 0.6 is 0 Å². The van der Waals surface area contributed by atoms with E-state index in [0.717, 1.165) is 30.8 Å². The molecule has 1 aliphatic carbocycles. The van der Waals surface area contributed by atoms with E-state index in [1.54, 1.807) is 7.11 Å². The van der Waals surface area contributed by atoms with Gasteiger partial charge in [-0.2, -0.15) is 0 Å². The standard InChI is InChI=1S/C24H31N3O3/c1-17-3-4-18(15-25-17)16-26-20-13-22(19-5-7-21(29-2)8-6-19)23(14-20)24(28)27-9-11-30-12-10-27/h3-8,15,20,22-23,26H,9-14,16H2,1-2H3/t20-,22+,23-/m0/s1. The molecule has 1 saturated heterocycles. The third-order valence-corrected chi connectivity index (χ3v) is 6.31. The minimum Gasteiger partial charge on any atom is -0.497 e. The number of hydrogen-bond donors (Lipinski definition) is 1. The van der Waals surface area contributed by atoms with Crippen LogP contribution in [0.25, 0.3) is 0 Å². The third-order valence-electron chi connectivity index (χ3n) is 6.31. The number of aromatic nitrogens is 1. The van der Waals surface area contributed by atoms with Gasteiger partial charge in [-0.1, -0.05) is 18.2 Å². The van der Waals surface area contributed by atoms with Crippen LogP contribution in [0.1, 0.15) is 35.6 Å². The fourth-order valence-corrected chi connectivity index (χ4v) is 4.58. The number of benzene rings is 1. The SMILES string of the molecule is COc1ccc([C@H]2C[C@H](NCc3ccc(C)nc3)C[C@@H]2C(=O)N2CCOCC2)cc1. The lowest BCUT2D eigenvalue weighted by Gasteiger charge is -2.31. The Bertz CT molecular complexity index is 832. The maximum Gasteiger partial charge on any atom is 0.226 e. The van der Waals surface area contributed by atoms with Crippen molar-refractivity contribution in [1.82, 2.24) is 15.2 Å². The van der Waals surface area contributed by atoms with Gasteiger partial charge in [-0.3, -0.25) is 9.78 Å². The smallest absolute Gasteiger partial charge is 0.226 e. The number of morpholine rings is 1. The molecule has 2 fully saturated rings. The average molecular weight is 410 g/mol. The number of hydrogen-bond acceptors (Lipinski definition) is 5. The number of carbonyl (C=O) groups is 1. The molecule has 1 amide bonds. The highest BCUT2D eigenvalue weighted by Gasteiger charge is 2.41. The average Bonchev–Trinajstić information content (AvgIpc) is 3.23. The summed E-state index contributed by atoms with van der Waals surface area (Å²) in [6, 6.07) is 12.6. The van der Waals surface area contributed by atoms with Crippen LogP contribution in [0.15, 0.2) is 42.6 Å². The summed E-state index contributed by atoms with van der Waals surface area (Å²) >= 11 is 0. The zero-order valence-corrected chi connectivity index (χ0v) is 17.8. The van der Waals surface area contributed by atoms with Crippen molar-refractivity contribution in [2.45, 2.75) is 38.3 Å². The first kappa shape index (κ1) is 20.8. The first-order valence-corrected chi connectivity index (χ1v) is 10.8. The van der Waals surface area contributed by atoms with Gasteiger partial charge in [0.25, 0.3) is 0 Å². The molecule has 1 aromatic heterocycles. The van der Waals surface area contributed by atoms with Crippen molar-refractivity contribution in [1.29, 1.82) is 0 Å². The summed E-state index contributed by atoms with van der Waals surface area (Å²) in [5, 5.41) is 3.67. The van der Waals surface area contributed by atoms with Gasteiger partial charge in [0, 0.05) is 43.5 Å². The third kappa shape index (κ3) is 4.82. The molecule has 1 aromatic carbocycles. The van der Waals surface area contributed by atoms with E-state index in [1.807, 2.05) is 36.2 Å². The van der Waals surface area contributed by atoms with Crippen LogP contribution in [-0.4, -0.2) is 55.2 Å². The van der Waals surface area contributed by atoms with Crippen molar-refractivity contribution in [2.24, 2.45) is 5.92 Å². The van der Waals surface area contributed by atoms with Gasteiger partial charge in [0.15, 0.2) is 0 Å². The van der Waals surface area contributed by atoms with Gasteiger partial charge < -0.3 is 19.7 Å². The topological polar surface area (TPSA) is 63.7 Å². The van der Waals surface area contributed by atoms with Crippen LogP contribution in [0.2, 0.25) is 0 Å². The second kappa shape index (κ2) is 9.58. The molecule has 1 N–H and O–H groups in total. The number of nitrogens with one attached hydrogen (secondary N) is 1. The lowest BCUT2D eigenvalue weighted by atomic mass is 9.88. The second-order valence-electron chi connectivity index (χ2n) is 8.28. The summed E-state index contributed by atoms with van der Waals surface area (Å²) in [4.78, 5) is 19.7. The minimum atomic E-state index is -0.00913. The lowest BCUT2D eigenvalue weighted by Crippen LogP contribution is -2.44. The maximum absolute atomic E-state index is 13.4. The molecule has 0 radical (unpaired) electrons. The quantitative estimate of drug-likeness (QED) is 0.795. The Morgan fingerprint density at radius 3 is 2.60 bits per heavy atom. The molecule has 3 atom stereocenters. The highest BCUT2D eigenvalue weighted by Crippen LogP contribution is 2.41. The van der Waals surface area contributed by atoms with E-state index in [-0.39, 0.29) is 17.7 Å². The number of pyridine rings is 1. The molecule has 1 aliphatic heterocycles. The molecule has 160 valence electrons. The molecule has 0 unspecified atom stereocenters. The zero-order valence-electron chi connectivity index (χ0n) is 17.8. The van der Waals surface area contributed by atoms with Gasteiger partial charge >= 0.3 is 0 Å². The Hall–Kier alpha value is -2.44. The number of methoxy groups -OCH3 is 1. The van der Waals surface area contributed by atoms with Crippen molar-refractivity contribution < 1.29 is 14.3 Å². The second-order valence-corrected chi connectivity index (χ2v) is 8.28. The van der Waals surface area contributed by atoms with Crippen molar-refractivity contribution >= 4 is 5.91 Å². The first-order valence-electron chi connectivity index (χ1n) is 10.8. The Kier molecular flexibility index (Phi) is 6.65. The summed E-state index contributed by atoms with van der Waals surface area (Å²) in [7, 11) is 1.68. The van der Waals surface area contributed by atoms with Crippen molar-refractivity contribution in [3.05, 3.63) is 59.4 Å². The maximum atomic E-state index is 13.4. The molecule has 0 bridgehead atoms. The molecule has 0 spiro atoms. The molecule has 2 aromatic rings. The number of rotatable bonds is 6. The van der Waals surface area contributed by atoms with Gasteiger partial charge in [0.2, 0.25) is 5.91 Å². The van der Waals surface area contributed by atoms with Gasteiger partial charge in [-0.25, -0.2) is 0 Å². The molecule has 2 aliphatic rings. The summed E-state index contributed by atoms with van der Waals surface area (Å²) < 4.78 is 10.8. The van der Waals surface area contributed by atoms with Gasteiger partial charge in [0.05, 0.1) is 20.3 Å². The molecule has 1 saturated carbocycles. The summed E-state index contributed by atoms with van der Waals surface area (Å²) in [6.45, 7) is 5.42. The number of carbonyl (C=O) groups excluding carboxylic acids is 1. The molecule has 4 rings (SSSR count). The summed E-state index contributed by atoms with van der Waals surface area (Å²) in [6.07, 6.45) is 3.73. The monoisotopic (exact) mass is 409 g/mol. The fraction of sp³-hybridized carbons (Fsp3) is 0.500. The lowest BCUT2D eigenvalue weighted by molar-refractivity contribution is -0.140. The highest BCUT2D eigenvalue weighted by atomic mass is 16.5. The predicted octanol–water partition coefficient (Wildman–Crippen LogP) is 2.91. The van der Waals surface area contributed by atoms with E-state index >= 15 is 0 Å². The predicted molar refractivity (Wildman–Crippen MR) is 115 cm³/mol. The van der Waals surface area contributed by atoms with Crippen LogP contribution in [0.3, 0.4) is 0 Å². The van der Waals surface area contributed by atoms with E-state index in [9.17, 15) is 4.79 Å². The number of amides is 1. The number of ether oxygens (including phenoxy) is 2. The fourth-order valence-electron chi connectivity index (χ4n) is 4.58. The van der Waals surface area contributed by atoms with Crippen LogP contribution in [0.4, 0.5) is 0 Å². The Labute approximate surface area is 178 Å². The van der Waals surface area contributed by atoms with Crippen molar-refractivity contribution in [3.63, 3.8) is 0 Å². The van der Waals surface area contributed by atoms with E-state index in [0.29, 0.717) is 32.3 Å². The van der Waals surface area contributed by atoms with Crippen LogP contribution in [-0.2, 0) is 16.1 Å². The van der Waals surface area contributed by atoms with Gasteiger partial charge in [0.1, 0.15) is 5.75 Å². The highest BCUT2D eigenvalue weighted by molar-refractivity contribution is 5.80. The first-order chi connectivity index (χ1) is 14.6. The van der Waals surface area contributed by atoms with E-state index in [1.165, 1.54) is 11.1 Å². The summed E-state index contributed by atoms with van der Waals surface area (Å²) in [5.41, 5.74) is 3.41.